The number of nitrogens with one attached hydrogen (secondary N) is 2. The van der Waals surface area contributed by atoms with Gasteiger partial charge in [-0.25, -0.2) is 4.98 Å². The third-order valence-electron chi connectivity index (χ3n) is 4.87. The minimum atomic E-state index is -0.748. The van der Waals surface area contributed by atoms with Crippen LogP contribution in [0.25, 0.3) is 0 Å². The minimum Gasteiger partial charge on any atom is -0.367 e. The fourth-order valence-electron chi connectivity index (χ4n) is 3.22. The van der Waals surface area contributed by atoms with E-state index in [1.54, 1.807) is 0 Å². The van der Waals surface area contributed by atoms with Gasteiger partial charge in [0.2, 0.25) is 5.91 Å². The number of carbonyl (C=O) groups excluding carboxylic acids is 1. The Bertz CT molecular complexity index is 650. The Kier molecular flexibility index (Phi) is 5.35. The monoisotopic (exact) mass is 346 g/mol. The van der Waals surface area contributed by atoms with E-state index in [0.717, 1.165) is 31.5 Å². The third-order valence-corrected chi connectivity index (χ3v) is 4.87. The number of ether oxygens (including phenoxy) is 1. The number of H-pyrrole nitrogens is 1. The Balaban J connectivity index is 1.54. The van der Waals surface area contributed by atoms with Gasteiger partial charge in [0, 0.05) is 19.5 Å². The molecule has 1 aliphatic heterocycles. The zero-order valence-corrected chi connectivity index (χ0v) is 14.9. The molecule has 1 saturated carbocycles. The lowest BCUT2D eigenvalue weighted by molar-refractivity contribution is -0.125. The molecule has 0 radical (unpaired) electrons. The summed E-state index contributed by atoms with van der Waals surface area (Å²) in [6.45, 7) is 5.96. The van der Waals surface area contributed by atoms with E-state index in [1.807, 2.05) is 11.8 Å². The number of nitriles is 1. The molecule has 8 heteroatoms. The summed E-state index contributed by atoms with van der Waals surface area (Å²) in [4.78, 5) is 18.9. The van der Waals surface area contributed by atoms with Gasteiger partial charge in [-0.05, 0) is 32.1 Å². The van der Waals surface area contributed by atoms with Gasteiger partial charge < -0.3 is 10.1 Å². The number of amides is 1. The Morgan fingerprint density at radius 3 is 3.04 bits per heavy atom. The summed E-state index contributed by atoms with van der Waals surface area (Å²) in [5, 5.41) is 19.5. The zero-order chi connectivity index (χ0) is 17.9. The lowest BCUT2D eigenvalue weighted by atomic mass is 9.98. The molecule has 1 aliphatic carbocycles. The second-order valence-corrected chi connectivity index (χ2v) is 7.12. The predicted molar refractivity (Wildman–Crippen MR) is 90.4 cm³/mol. The molecule has 25 heavy (non-hydrogen) atoms. The molecule has 2 aliphatic rings. The summed E-state index contributed by atoms with van der Waals surface area (Å²) < 4.78 is 5.77. The Morgan fingerprint density at radius 1 is 1.56 bits per heavy atom. The number of morpholine rings is 1. The highest BCUT2D eigenvalue weighted by Crippen LogP contribution is 2.39. The molecule has 136 valence electrons. The van der Waals surface area contributed by atoms with Crippen molar-refractivity contribution in [2.45, 2.75) is 51.2 Å². The maximum atomic E-state index is 12.4. The predicted octanol–water partition coefficient (Wildman–Crippen LogP) is 0.939. The van der Waals surface area contributed by atoms with Gasteiger partial charge in [-0.2, -0.15) is 10.4 Å². The number of aromatic nitrogens is 3. The Hall–Kier alpha value is -1.98. The molecule has 2 N–H and O–H groups in total. The van der Waals surface area contributed by atoms with Crippen molar-refractivity contribution in [3.8, 4) is 6.07 Å². The second-order valence-electron chi connectivity index (χ2n) is 7.12. The number of aryl methyl sites for hydroxylation is 1. The molecule has 2 heterocycles. The fraction of sp³-hybridized carbons (Fsp3) is 0.765. The lowest BCUT2D eigenvalue weighted by Crippen LogP contribution is -2.51. The van der Waals surface area contributed by atoms with Crippen molar-refractivity contribution in [2.75, 3.05) is 26.2 Å². The van der Waals surface area contributed by atoms with Gasteiger partial charge in [-0.15, -0.1) is 0 Å². The standard InChI is InChI=1S/C17H26N6O2/c1-3-4-14-19-16(22-21-14)13-9-23(7-8-25-13)10-15(24)20-17(2,11-18)12-5-6-12/h12-13H,3-10H2,1-2H3,(H,20,24)(H,19,21,22)/t13-,17+/m1/s1. The molecule has 0 bridgehead atoms. The first-order valence-electron chi connectivity index (χ1n) is 9.01. The molecule has 1 aromatic rings. The molecule has 0 spiro atoms. The van der Waals surface area contributed by atoms with E-state index in [1.165, 1.54) is 0 Å². The topological polar surface area (TPSA) is 107 Å². The maximum Gasteiger partial charge on any atom is 0.235 e. The van der Waals surface area contributed by atoms with Crippen molar-refractivity contribution in [3.05, 3.63) is 11.6 Å². The number of rotatable bonds is 7. The summed E-state index contributed by atoms with van der Waals surface area (Å²) in [5.41, 5.74) is -0.748. The highest BCUT2D eigenvalue weighted by atomic mass is 16.5. The molecule has 0 aromatic carbocycles. The van der Waals surface area contributed by atoms with Gasteiger partial charge >= 0.3 is 0 Å². The third kappa shape index (κ3) is 4.35. The van der Waals surface area contributed by atoms with Crippen LogP contribution in [0.5, 0.6) is 0 Å². The van der Waals surface area contributed by atoms with Gasteiger partial charge in [-0.1, -0.05) is 6.92 Å². The van der Waals surface area contributed by atoms with E-state index in [2.05, 4.69) is 33.5 Å². The minimum absolute atomic E-state index is 0.113. The highest BCUT2D eigenvalue weighted by molar-refractivity contribution is 5.79. The number of hydrogen-bond donors (Lipinski definition) is 2. The van der Waals surface area contributed by atoms with Crippen molar-refractivity contribution >= 4 is 5.91 Å². The molecule has 2 fully saturated rings. The van der Waals surface area contributed by atoms with Crippen LogP contribution in [0, 0.1) is 17.2 Å². The average molecular weight is 346 g/mol. The van der Waals surface area contributed by atoms with Gasteiger partial charge in [0.05, 0.1) is 19.2 Å². The van der Waals surface area contributed by atoms with E-state index in [-0.39, 0.29) is 24.5 Å². The zero-order valence-electron chi connectivity index (χ0n) is 14.9. The van der Waals surface area contributed by atoms with Crippen molar-refractivity contribution in [2.24, 2.45) is 5.92 Å². The summed E-state index contributed by atoms with van der Waals surface area (Å²) in [6, 6.07) is 2.26. The van der Waals surface area contributed by atoms with Crippen LogP contribution in [0.3, 0.4) is 0 Å². The van der Waals surface area contributed by atoms with Crippen LogP contribution in [0.1, 0.15) is 50.9 Å². The van der Waals surface area contributed by atoms with Crippen molar-refractivity contribution in [3.63, 3.8) is 0 Å². The molecule has 1 amide bonds. The highest BCUT2D eigenvalue weighted by Gasteiger charge is 2.43. The quantitative estimate of drug-likeness (QED) is 0.761. The number of nitrogens with zero attached hydrogens (tertiary/aromatic N) is 4. The molecule has 1 saturated heterocycles. The van der Waals surface area contributed by atoms with E-state index in [4.69, 9.17) is 4.74 Å². The van der Waals surface area contributed by atoms with Crippen LogP contribution in [-0.4, -0.2) is 57.8 Å². The van der Waals surface area contributed by atoms with Crippen LogP contribution in [0.4, 0.5) is 0 Å². The number of aromatic amines is 1. The molecule has 0 unspecified atom stereocenters. The van der Waals surface area contributed by atoms with Gasteiger partial charge in [0.15, 0.2) is 5.82 Å². The second kappa shape index (κ2) is 7.50. The maximum absolute atomic E-state index is 12.4. The summed E-state index contributed by atoms with van der Waals surface area (Å²) in [5.74, 6) is 1.68. The van der Waals surface area contributed by atoms with Crippen molar-refractivity contribution in [1.29, 1.82) is 5.26 Å². The molecule has 8 nitrogen and oxygen atoms in total. The fourth-order valence-corrected chi connectivity index (χ4v) is 3.22. The van der Waals surface area contributed by atoms with Gasteiger partial charge in [0.1, 0.15) is 17.5 Å². The molecule has 3 rings (SSSR count). The molecular formula is C17H26N6O2. The van der Waals surface area contributed by atoms with Crippen LogP contribution < -0.4 is 5.32 Å². The van der Waals surface area contributed by atoms with E-state index >= 15 is 0 Å². The molecule has 1 aromatic heterocycles. The van der Waals surface area contributed by atoms with Crippen molar-refractivity contribution < 1.29 is 9.53 Å². The van der Waals surface area contributed by atoms with Gasteiger partial charge in [-0.3, -0.25) is 14.8 Å². The van der Waals surface area contributed by atoms with E-state index in [9.17, 15) is 10.1 Å². The van der Waals surface area contributed by atoms with Crippen LogP contribution in [0.2, 0.25) is 0 Å². The smallest absolute Gasteiger partial charge is 0.235 e. The first-order chi connectivity index (χ1) is 12.0. The Morgan fingerprint density at radius 2 is 2.36 bits per heavy atom. The summed E-state index contributed by atoms with van der Waals surface area (Å²) in [6.07, 6.45) is 3.66. The van der Waals surface area contributed by atoms with E-state index < -0.39 is 5.54 Å². The SMILES string of the molecule is CCCc1nc([C@H]2CN(CC(=O)N[C@@](C)(C#N)C3CC3)CCO2)n[nH]1. The lowest BCUT2D eigenvalue weighted by Gasteiger charge is -2.32. The largest absolute Gasteiger partial charge is 0.367 e. The van der Waals surface area contributed by atoms with Crippen LogP contribution >= 0.6 is 0 Å². The normalized spacial score (nSPS) is 23.6. The van der Waals surface area contributed by atoms with E-state index in [0.29, 0.717) is 25.5 Å². The van der Waals surface area contributed by atoms with Crippen LogP contribution in [-0.2, 0) is 16.0 Å². The van der Waals surface area contributed by atoms with Crippen LogP contribution in [0.15, 0.2) is 0 Å². The first kappa shape index (κ1) is 17.8. The molecule has 2 atom stereocenters. The Labute approximate surface area is 147 Å². The summed E-state index contributed by atoms with van der Waals surface area (Å²) in [7, 11) is 0. The van der Waals surface area contributed by atoms with Gasteiger partial charge in [0.25, 0.3) is 0 Å². The average Bonchev–Trinajstić information content (AvgIpc) is 3.36. The number of carbonyl (C=O) groups is 1. The van der Waals surface area contributed by atoms with Crippen molar-refractivity contribution in [1.82, 2.24) is 25.4 Å². The molecular weight excluding hydrogens is 320 g/mol. The summed E-state index contributed by atoms with van der Waals surface area (Å²) >= 11 is 0. The first-order valence-corrected chi connectivity index (χ1v) is 9.01. The number of hydrogen-bond acceptors (Lipinski definition) is 6.